The van der Waals surface area contributed by atoms with Crippen molar-refractivity contribution in [2.45, 2.75) is 209 Å². The third kappa shape index (κ3) is 11.5. The average molecular weight is 1480 g/mol. The minimum atomic E-state index is -0.523. The van der Waals surface area contributed by atoms with Gasteiger partial charge in [-0.25, -0.2) is 9.80 Å². The van der Waals surface area contributed by atoms with Crippen LogP contribution in [0.4, 0.5) is 11.4 Å². The molecule has 2 aliphatic heterocycles. The maximum Gasteiger partial charge on any atom is 0.266 e. The van der Waals surface area contributed by atoms with E-state index in [9.17, 15) is 0 Å². The molecule has 0 fully saturated rings. The molecular weight excluding hydrogens is 1370 g/mol. The lowest BCUT2D eigenvalue weighted by Crippen LogP contribution is -2.31. The number of amides is 4. The molecule has 6 heterocycles. The second-order valence-corrected chi connectivity index (χ2v) is 40.4. The predicted molar refractivity (Wildman–Crippen MR) is 469 cm³/mol. The standard InChI is InChI=1S/C102H104N6O4/c1-95(2,3)57-28-36-79-67(44-57)68-45-58(96(4,5)6)29-37-80(68)105(79)87-53-75-76(54-88(87)106-81-38-30-59(97(7,8)9)46-69(81)70-47-60(98(10,11)12)31-39-82(70)106)92(110)103(91(75)109)65-26-25-27-66(52-65)104-93(111)77-55-89(107-83-40-32-61(99(13,14)15)48-71(83)72-49-62(100(16,17)18)33-41-84(72)107)90(56-78(77)94(104)112)108-85-42-34-63(101(19,20)21)50-73(85)74-51-64(102(22,23)24)35-43-86(74)108/h25-56H,1-24H3. The zero-order chi connectivity index (χ0) is 80.0. The summed E-state index contributed by atoms with van der Waals surface area (Å²) in [5.41, 5.74) is 20.3. The number of hydrogen-bond acceptors (Lipinski definition) is 4. The van der Waals surface area contributed by atoms with Crippen LogP contribution in [0.5, 0.6) is 0 Å². The number of anilines is 2. The number of aromatic nitrogens is 4. The summed E-state index contributed by atoms with van der Waals surface area (Å²) < 4.78 is 9.18. The van der Waals surface area contributed by atoms with E-state index in [0.29, 0.717) is 0 Å². The Morgan fingerprint density at radius 1 is 0.188 bits per heavy atom. The second kappa shape index (κ2) is 24.2. The summed E-state index contributed by atoms with van der Waals surface area (Å²) in [7, 11) is 0. The van der Waals surface area contributed by atoms with Gasteiger partial charge in [0, 0.05) is 43.1 Å². The van der Waals surface area contributed by atoms with Gasteiger partial charge in [0.2, 0.25) is 0 Å². The Bertz CT molecular complexity index is 5610. The molecule has 11 aromatic carbocycles. The Labute approximate surface area is 658 Å². The summed E-state index contributed by atoms with van der Waals surface area (Å²) in [6.07, 6.45) is 0. The van der Waals surface area contributed by atoms with Gasteiger partial charge in [0.25, 0.3) is 23.6 Å². The zero-order valence-corrected chi connectivity index (χ0v) is 69.8. The maximum absolute atomic E-state index is 16.1. The van der Waals surface area contributed by atoms with Crippen LogP contribution in [0.15, 0.2) is 194 Å². The van der Waals surface area contributed by atoms with Gasteiger partial charge in [-0.15, -0.1) is 0 Å². The summed E-state index contributed by atoms with van der Waals surface area (Å²) in [6.45, 7) is 53.9. The Kier molecular flexibility index (Phi) is 15.9. The van der Waals surface area contributed by atoms with Gasteiger partial charge in [-0.1, -0.05) is 221 Å². The largest absolute Gasteiger partial charge is 0.307 e. The lowest BCUT2D eigenvalue weighted by Gasteiger charge is -2.21. The number of carbonyl (C=O) groups excluding carboxylic acids is 4. The van der Waals surface area contributed by atoms with Gasteiger partial charge in [0.15, 0.2) is 0 Å². The number of benzene rings is 11. The third-order valence-electron chi connectivity index (χ3n) is 24.3. The highest BCUT2D eigenvalue weighted by Crippen LogP contribution is 2.49. The van der Waals surface area contributed by atoms with Crippen LogP contribution >= 0.6 is 0 Å². The van der Waals surface area contributed by atoms with Crippen LogP contribution in [0.25, 0.3) is 110 Å². The van der Waals surface area contributed by atoms with E-state index in [1.165, 1.54) is 54.3 Å². The fourth-order valence-electron chi connectivity index (χ4n) is 17.3. The molecule has 4 aromatic heterocycles. The first-order valence-electron chi connectivity index (χ1n) is 39.9. The summed E-state index contributed by atoms with van der Waals surface area (Å²) in [4.78, 5) is 66.7. The Balaban J connectivity index is 0.863. The second-order valence-electron chi connectivity index (χ2n) is 40.4. The summed E-state index contributed by atoms with van der Waals surface area (Å²) in [5, 5.41) is 8.67. The molecule has 0 atom stereocenters. The fourth-order valence-corrected chi connectivity index (χ4v) is 17.3. The molecule has 10 heteroatoms. The van der Waals surface area contributed by atoms with Gasteiger partial charge in [-0.2, -0.15) is 0 Å². The van der Waals surface area contributed by atoms with Gasteiger partial charge in [-0.3, -0.25) is 19.2 Å². The van der Waals surface area contributed by atoms with Gasteiger partial charge >= 0.3 is 0 Å². The van der Waals surface area contributed by atoms with Crippen LogP contribution in [0.3, 0.4) is 0 Å². The van der Waals surface area contributed by atoms with E-state index < -0.39 is 23.6 Å². The number of rotatable bonds is 6. The number of fused-ring (bicyclic) bond motifs is 14. The topological polar surface area (TPSA) is 94.5 Å². The quantitative estimate of drug-likeness (QED) is 0.155. The van der Waals surface area contributed by atoms with Gasteiger partial charge in [0.05, 0.1) is 101 Å². The van der Waals surface area contributed by atoms with Crippen molar-refractivity contribution in [1.82, 2.24) is 18.3 Å². The molecule has 112 heavy (non-hydrogen) atoms. The van der Waals surface area contributed by atoms with E-state index in [4.69, 9.17) is 0 Å². The van der Waals surface area contributed by atoms with Crippen LogP contribution < -0.4 is 9.80 Å². The SMILES string of the molecule is CC(C)(C)c1ccc2c(c1)c1cc(C(C)(C)C)ccc1n2-c1cc2c(cc1-n1c3ccc(C(C)(C)C)cc3c3cc(C(C)(C)C)ccc31)C(=O)N(c1cccc(N3C(=O)c4cc(-n5c6ccc(C(C)(C)C)cc6c6cc(C(C)(C)C)ccc65)c(-n5c6ccc(C(C)(C)C)cc6c6cc(C(C)(C)C)ccc65)cc4C3=O)c1)C2=O. The van der Waals surface area contributed by atoms with E-state index in [1.807, 2.05) is 24.3 Å². The Morgan fingerprint density at radius 2 is 0.339 bits per heavy atom. The molecule has 0 unspecified atom stereocenters. The fraction of sp³-hybridized carbons (Fsp3) is 0.314. The number of hydrogen-bond donors (Lipinski definition) is 0. The monoisotopic (exact) mass is 1480 g/mol. The molecule has 0 aliphatic carbocycles. The van der Waals surface area contributed by atoms with Crippen molar-refractivity contribution >= 4 is 122 Å². The zero-order valence-electron chi connectivity index (χ0n) is 69.8. The number of carbonyl (C=O) groups is 4. The Morgan fingerprint density at radius 3 is 0.482 bits per heavy atom. The lowest BCUT2D eigenvalue weighted by atomic mass is 9.85. The first-order valence-corrected chi connectivity index (χ1v) is 39.9. The van der Waals surface area contributed by atoms with Crippen LogP contribution in [-0.2, 0) is 43.3 Å². The van der Waals surface area contributed by atoms with Crippen molar-refractivity contribution in [3.05, 3.63) is 261 Å². The average Bonchev–Trinajstić information content (AvgIpc) is 1.54. The van der Waals surface area contributed by atoms with E-state index >= 15 is 19.2 Å². The molecule has 0 bridgehead atoms. The van der Waals surface area contributed by atoms with Crippen LogP contribution in [-0.4, -0.2) is 41.9 Å². The molecule has 0 N–H and O–H groups in total. The molecule has 2 aliphatic rings. The molecule has 0 radical (unpaired) electrons. The van der Waals surface area contributed by atoms with Crippen molar-refractivity contribution < 1.29 is 19.2 Å². The smallest absolute Gasteiger partial charge is 0.266 e. The molecule has 17 rings (SSSR count). The van der Waals surface area contributed by atoms with E-state index in [2.05, 4.69) is 330 Å². The highest BCUT2D eigenvalue weighted by atomic mass is 16.2. The highest BCUT2D eigenvalue weighted by molar-refractivity contribution is 6.37. The molecule has 0 saturated carbocycles. The first-order chi connectivity index (χ1) is 52.2. The molecule has 0 spiro atoms. The predicted octanol–water partition coefficient (Wildman–Crippen LogP) is 26.1. The van der Waals surface area contributed by atoms with E-state index in [0.717, 1.165) is 110 Å². The molecule has 4 amide bonds. The third-order valence-corrected chi connectivity index (χ3v) is 24.3. The number of nitrogens with zero attached hydrogens (tertiary/aromatic N) is 6. The molecular formula is C102H104N6O4. The van der Waals surface area contributed by atoms with Crippen LogP contribution in [0.1, 0.15) is 252 Å². The van der Waals surface area contributed by atoms with Crippen molar-refractivity contribution in [2.75, 3.05) is 9.80 Å². The Hall–Kier alpha value is -11.1. The van der Waals surface area contributed by atoms with Crippen molar-refractivity contribution in [1.29, 1.82) is 0 Å². The van der Waals surface area contributed by atoms with Gasteiger partial charge < -0.3 is 18.3 Å². The summed E-state index contributed by atoms with van der Waals surface area (Å²) in [5.74, 6) is -2.09. The van der Waals surface area contributed by atoms with Gasteiger partial charge in [0.1, 0.15) is 0 Å². The summed E-state index contributed by atoms with van der Waals surface area (Å²) >= 11 is 0. The van der Waals surface area contributed by atoms with Crippen LogP contribution in [0.2, 0.25) is 0 Å². The van der Waals surface area contributed by atoms with E-state index in [-0.39, 0.29) is 76.9 Å². The number of imide groups is 2. The molecule has 0 saturated heterocycles. The first kappa shape index (κ1) is 73.7. The molecule has 15 aromatic rings. The normalized spacial score (nSPS) is 14.5. The van der Waals surface area contributed by atoms with Gasteiger partial charge in [-0.05, 0) is 227 Å². The maximum atomic E-state index is 16.1. The minimum absolute atomic E-state index is 0.157. The minimum Gasteiger partial charge on any atom is -0.307 e. The molecule has 566 valence electrons. The summed E-state index contributed by atoms with van der Waals surface area (Å²) in [6, 6.07) is 68.7. The van der Waals surface area contributed by atoms with Crippen molar-refractivity contribution in [2.24, 2.45) is 0 Å². The lowest BCUT2D eigenvalue weighted by molar-refractivity contribution is 0.0912. The van der Waals surface area contributed by atoms with Crippen molar-refractivity contribution in [3.63, 3.8) is 0 Å². The molecule has 10 nitrogen and oxygen atoms in total. The highest BCUT2D eigenvalue weighted by Gasteiger charge is 2.43. The van der Waals surface area contributed by atoms with Crippen LogP contribution in [0, 0.1) is 0 Å². The van der Waals surface area contributed by atoms with E-state index in [1.54, 1.807) is 24.3 Å². The van der Waals surface area contributed by atoms with Crippen molar-refractivity contribution in [3.8, 4) is 22.7 Å².